The number of ketones is 3. The summed E-state index contributed by atoms with van der Waals surface area (Å²) < 4.78 is 0. The Kier molecular flexibility index (Phi) is 11.3. The third kappa shape index (κ3) is 7.32. The quantitative estimate of drug-likeness (QED) is 0.255. The molecule has 210 valence electrons. The molecule has 0 saturated carbocycles. The van der Waals surface area contributed by atoms with Crippen molar-refractivity contribution in [3.05, 3.63) is 47.5 Å². The van der Waals surface area contributed by atoms with Crippen LogP contribution < -0.4 is 5.32 Å². The lowest BCUT2D eigenvalue weighted by Gasteiger charge is -2.31. The van der Waals surface area contributed by atoms with Gasteiger partial charge in [-0.1, -0.05) is 18.2 Å². The van der Waals surface area contributed by atoms with E-state index >= 15 is 0 Å². The minimum Gasteiger partial charge on any atom is -0.507 e. The Hall–Kier alpha value is -3.44. The SMILES string of the molecule is CC(=O)CC(=O)C(CO)C(CCO)CC1CC(=O)c2c(O)ccc(-c3ccc(NC(=O)CO)cc3)c2C1.O.[HH].[HH]. The molecule has 0 fully saturated rings. The van der Waals surface area contributed by atoms with Gasteiger partial charge in [-0.2, -0.15) is 0 Å². The van der Waals surface area contributed by atoms with Crippen LogP contribution in [0.1, 0.15) is 51.4 Å². The average Bonchev–Trinajstić information content (AvgIpc) is 2.84. The van der Waals surface area contributed by atoms with E-state index < -0.39 is 31.0 Å². The van der Waals surface area contributed by atoms with Gasteiger partial charge in [0.05, 0.1) is 18.6 Å². The predicted octanol–water partition coefficient (Wildman–Crippen LogP) is 1.95. The van der Waals surface area contributed by atoms with E-state index in [0.29, 0.717) is 24.1 Å². The fourth-order valence-corrected chi connectivity index (χ4v) is 5.22. The van der Waals surface area contributed by atoms with Crippen LogP contribution in [0.15, 0.2) is 36.4 Å². The summed E-state index contributed by atoms with van der Waals surface area (Å²) in [5.41, 5.74) is 2.95. The van der Waals surface area contributed by atoms with Crippen LogP contribution >= 0.6 is 0 Å². The minimum atomic E-state index is -0.808. The Morgan fingerprint density at radius 1 is 1.05 bits per heavy atom. The van der Waals surface area contributed by atoms with Crippen molar-refractivity contribution in [1.29, 1.82) is 0 Å². The number of aliphatic hydroxyl groups is 3. The van der Waals surface area contributed by atoms with Gasteiger partial charge in [-0.05, 0) is 72.9 Å². The highest BCUT2D eigenvalue weighted by Gasteiger charge is 2.35. The zero-order valence-corrected chi connectivity index (χ0v) is 21.3. The van der Waals surface area contributed by atoms with Gasteiger partial charge < -0.3 is 31.2 Å². The van der Waals surface area contributed by atoms with Crippen LogP contribution in [0.3, 0.4) is 0 Å². The summed E-state index contributed by atoms with van der Waals surface area (Å²) in [5, 5.41) is 41.5. The van der Waals surface area contributed by atoms with Crippen LogP contribution in [0.4, 0.5) is 5.69 Å². The Morgan fingerprint density at radius 3 is 2.32 bits per heavy atom. The molecule has 3 atom stereocenters. The number of benzene rings is 2. The summed E-state index contributed by atoms with van der Waals surface area (Å²) in [4.78, 5) is 48.6. The summed E-state index contributed by atoms with van der Waals surface area (Å²) in [6.07, 6.45) is 0.945. The first kappa shape index (κ1) is 30.8. The van der Waals surface area contributed by atoms with Crippen LogP contribution in [0.25, 0.3) is 11.1 Å². The number of phenols is 1. The van der Waals surface area contributed by atoms with Gasteiger partial charge >= 0.3 is 0 Å². The third-order valence-corrected chi connectivity index (χ3v) is 6.90. The van der Waals surface area contributed by atoms with Gasteiger partial charge in [-0.25, -0.2) is 0 Å². The standard InChI is InChI=1S/C28H33NO8.H2O.2H2/c1-16(33)10-25(35)23(14-31)19(8-9-30)11-17-12-22-21(6-7-24(34)28(22)26(36)13-17)18-2-4-20(5-3-18)29-27(37)15-32;;;/h2-7,17,19,23,30-32,34H,8-15H2,1H3,(H,29,37);1H2;2*1H. The second-order valence-corrected chi connectivity index (χ2v) is 9.61. The molecule has 3 rings (SSSR count). The number of aliphatic hydroxyl groups excluding tert-OH is 3. The van der Waals surface area contributed by atoms with Gasteiger partial charge in [0.25, 0.3) is 0 Å². The van der Waals surface area contributed by atoms with E-state index in [9.17, 15) is 34.5 Å². The third-order valence-electron chi connectivity index (χ3n) is 6.90. The fourth-order valence-electron chi connectivity index (χ4n) is 5.22. The van der Waals surface area contributed by atoms with E-state index in [0.717, 1.165) is 11.1 Å². The second-order valence-electron chi connectivity index (χ2n) is 9.61. The molecule has 7 N–H and O–H groups in total. The van der Waals surface area contributed by atoms with Crippen LogP contribution in [-0.4, -0.2) is 69.0 Å². The van der Waals surface area contributed by atoms with Crippen LogP contribution in [0.2, 0.25) is 0 Å². The number of Topliss-reactive ketones (excluding diaryl/α,β-unsaturated/α-hetero) is 3. The molecule has 0 spiro atoms. The van der Waals surface area contributed by atoms with Crippen molar-refractivity contribution >= 4 is 28.9 Å². The normalized spacial score (nSPS) is 16.1. The van der Waals surface area contributed by atoms with Gasteiger partial charge in [0, 0.05) is 27.5 Å². The predicted molar refractivity (Wildman–Crippen MR) is 144 cm³/mol. The first-order valence-electron chi connectivity index (χ1n) is 12.3. The lowest BCUT2D eigenvalue weighted by atomic mass is 9.72. The van der Waals surface area contributed by atoms with Crippen molar-refractivity contribution in [1.82, 2.24) is 0 Å². The fraction of sp³-hybridized carbons (Fsp3) is 0.429. The van der Waals surface area contributed by atoms with Crippen molar-refractivity contribution in [2.24, 2.45) is 17.8 Å². The molecule has 0 bridgehead atoms. The summed E-state index contributed by atoms with van der Waals surface area (Å²) in [6, 6.07) is 10.1. The van der Waals surface area contributed by atoms with Gasteiger partial charge in [-0.15, -0.1) is 0 Å². The van der Waals surface area contributed by atoms with E-state index in [4.69, 9.17) is 5.11 Å². The highest BCUT2D eigenvalue weighted by molar-refractivity contribution is 6.03. The first-order valence-corrected chi connectivity index (χ1v) is 12.3. The summed E-state index contributed by atoms with van der Waals surface area (Å²) >= 11 is 0. The van der Waals surface area contributed by atoms with E-state index in [2.05, 4.69) is 5.32 Å². The molecule has 0 aliphatic heterocycles. The Balaban J connectivity index is 0.00000507. The van der Waals surface area contributed by atoms with Gasteiger partial charge in [0.1, 0.15) is 23.9 Å². The molecule has 3 unspecified atom stereocenters. The lowest BCUT2D eigenvalue weighted by molar-refractivity contribution is -0.131. The maximum absolute atomic E-state index is 13.1. The average molecular weight is 534 g/mol. The zero-order valence-electron chi connectivity index (χ0n) is 21.3. The number of aromatic hydroxyl groups is 1. The number of anilines is 1. The number of amides is 1. The van der Waals surface area contributed by atoms with Gasteiger partial charge in [0.15, 0.2) is 5.78 Å². The van der Waals surface area contributed by atoms with Crippen molar-refractivity contribution < 1.29 is 47.9 Å². The highest BCUT2D eigenvalue weighted by atomic mass is 16.3. The van der Waals surface area contributed by atoms with Crippen molar-refractivity contribution in [2.75, 3.05) is 25.1 Å². The van der Waals surface area contributed by atoms with E-state index in [-0.39, 0.29) is 68.8 Å². The second kappa shape index (κ2) is 13.9. The zero-order chi connectivity index (χ0) is 27.1. The number of fused-ring (bicyclic) bond motifs is 1. The number of hydrogen-bond acceptors (Lipinski definition) is 8. The van der Waals surface area contributed by atoms with Gasteiger partial charge in [-0.3, -0.25) is 19.2 Å². The summed E-state index contributed by atoms with van der Waals surface area (Å²) in [7, 11) is 0. The summed E-state index contributed by atoms with van der Waals surface area (Å²) in [6.45, 7) is 0.0346. The molecule has 38 heavy (non-hydrogen) atoms. The van der Waals surface area contributed by atoms with Crippen molar-refractivity contribution in [3.8, 4) is 16.9 Å². The van der Waals surface area contributed by atoms with E-state index in [1.54, 1.807) is 30.3 Å². The molecular weight excluding hydrogens is 494 g/mol. The van der Waals surface area contributed by atoms with Crippen LogP contribution in [-0.2, 0) is 20.8 Å². The number of nitrogens with one attached hydrogen (secondary N) is 1. The number of carbonyl (C=O) groups excluding carboxylic acids is 4. The number of carbonyl (C=O) groups is 4. The number of rotatable bonds is 12. The molecule has 0 aromatic heterocycles. The largest absolute Gasteiger partial charge is 0.507 e. The molecule has 10 heteroatoms. The smallest absolute Gasteiger partial charge is 0.250 e. The number of hydrogen-bond donors (Lipinski definition) is 5. The van der Waals surface area contributed by atoms with Crippen molar-refractivity contribution in [2.45, 2.75) is 39.0 Å². The summed E-state index contributed by atoms with van der Waals surface area (Å²) in [5.74, 6) is -2.95. The molecule has 0 heterocycles. The molecule has 1 amide bonds. The van der Waals surface area contributed by atoms with E-state index in [1.807, 2.05) is 0 Å². The molecule has 0 saturated heterocycles. The Bertz CT molecular complexity index is 1170. The Morgan fingerprint density at radius 2 is 1.74 bits per heavy atom. The van der Waals surface area contributed by atoms with Crippen LogP contribution in [0.5, 0.6) is 5.75 Å². The molecule has 2 aromatic carbocycles. The number of phenolic OH excluding ortho intramolecular Hbond substituents is 1. The van der Waals surface area contributed by atoms with Crippen molar-refractivity contribution in [3.63, 3.8) is 0 Å². The topological polar surface area (TPSA) is 193 Å². The first-order chi connectivity index (χ1) is 17.7. The molecule has 1 aliphatic rings. The maximum atomic E-state index is 13.1. The molecule has 10 nitrogen and oxygen atoms in total. The molecule has 2 aromatic rings. The highest BCUT2D eigenvalue weighted by Crippen LogP contribution is 2.41. The molecular formula is C28H39NO9. The van der Waals surface area contributed by atoms with E-state index in [1.165, 1.54) is 13.0 Å². The lowest BCUT2D eigenvalue weighted by Crippen LogP contribution is -2.32. The molecule has 0 radical (unpaired) electrons. The van der Waals surface area contributed by atoms with Gasteiger partial charge in [0.2, 0.25) is 5.91 Å². The molecule has 1 aliphatic carbocycles. The Labute approximate surface area is 223 Å². The minimum absolute atomic E-state index is 0. The van der Waals surface area contributed by atoms with Crippen LogP contribution in [0, 0.1) is 17.8 Å². The monoisotopic (exact) mass is 533 g/mol. The maximum Gasteiger partial charge on any atom is 0.250 e.